The Kier molecular flexibility index (Phi) is 5.17. The highest BCUT2D eigenvalue weighted by Gasteiger charge is 2.71. The predicted octanol–water partition coefficient (Wildman–Crippen LogP) is 5.95. The van der Waals surface area contributed by atoms with Crippen molar-refractivity contribution >= 4 is 16.8 Å². The minimum atomic E-state index is -0.958. The number of carbonyl (C=O) groups excluding carboxylic acids is 1. The van der Waals surface area contributed by atoms with E-state index >= 15 is 0 Å². The second kappa shape index (κ2) is 8.53. The Hall–Kier alpha value is -4.46. The molecule has 0 radical (unpaired) electrons. The fourth-order valence-electron chi connectivity index (χ4n) is 6.61. The van der Waals surface area contributed by atoms with Crippen LogP contribution in [-0.2, 0) is 5.41 Å². The third kappa shape index (κ3) is 3.58. The van der Waals surface area contributed by atoms with Gasteiger partial charge in [0.25, 0.3) is 5.91 Å². The van der Waals surface area contributed by atoms with Crippen molar-refractivity contribution in [2.45, 2.75) is 18.3 Å². The summed E-state index contributed by atoms with van der Waals surface area (Å²) in [6.07, 6.45) is 2.66. The van der Waals surface area contributed by atoms with Gasteiger partial charge in [-0.25, -0.2) is 22.8 Å². The van der Waals surface area contributed by atoms with Crippen molar-refractivity contribution in [2.75, 3.05) is 13.1 Å². The number of likely N-dealkylation sites (tertiary alicyclic amines) is 1. The molecule has 7 rings (SSSR count). The van der Waals surface area contributed by atoms with Gasteiger partial charge in [0.15, 0.2) is 11.5 Å². The zero-order chi connectivity index (χ0) is 26.9. The predicted molar refractivity (Wildman–Crippen MR) is 140 cm³/mol. The van der Waals surface area contributed by atoms with Gasteiger partial charge in [-0.3, -0.25) is 4.79 Å². The van der Waals surface area contributed by atoms with Crippen molar-refractivity contribution in [1.82, 2.24) is 19.7 Å². The lowest BCUT2D eigenvalue weighted by Crippen LogP contribution is -2.35. The molecule has 1 aliphatic heterocycles. The van der Waals surface area contributed by atoms with E-state index in [1.165, 1.54) is 17.7 Å². The monoisotopic (exact) mass is 524 g/mol. The number of hydrogen-bond donors (Lipinski definition) is 0. The number of benzene rings is 3. The van der Waals surface area contributed by atoms with Crippen molar-refractivity contribution < 1.29 is 18.0 Å². The number of fused-ring (bicyclic) bond motifs is 2. The van der Waals surface area contributed by atoms with E-state index < -0.39 is 17.5 Å². The third-order valence-corrected chi connectivity index (χ3v) is 8.32. The molecule has 2 aliphatic rings. The number of piperidine rings is 1. The molecule has 3 heterocycles. The van der Waals surface area contributed by atoms with Gasteiger partial charge in [0, 0.05) is 35.9 Å². The van der Waals surface area contributed by atoms with Gasteiger partial charge in [-0.2, -0.15) is 5.10 Å². The fraction of sp³-hybridized carbons (Fsp3) is 0.194. The minimum Gasteiger partial charge on any atom is -0.336 e. The normalized spacial score (nSPS) is 21.8. The standard InChI is InChI=1S/C31H23F3N4O/c1-18-11-27-20(14-36-38(27)23-9-7-21(32)8-10-23)12-24(18)31-17-37(30(39)29-26(34)13-22(33)15-35-29)16-25(31)28(31)19-5-3-2-4-6-19/h2-15,25,28H,16-17H2,1H3/t25-,28-,31+/m1/s1. The van der Waals surface area contributed by atoms with Crippen LogP contribution in [0.3, 0.4) is 0 Å². The molecule has 39 heavy (non-hydrogen) atoms. The van der Waals surface area contributed by atoms with Crippen LogP contribution in [0.2, 0.25) is 0 Å². The topological polar surface area (TPSA) is 51.0 Å². The van der Waals surface area contributed by atoms with E-state index in [1.54, 1.807) is 27.9 Å². The van der Waals surface area contributed by atoms with Crippen LogP contribution in [0.25, 0.3) is 16.6 Å². The summed E-state index contributed by atoms with van der Waals surface area (Å²) in [7, 11) is 0. The van der Waals surface area contributed by atoms with Crippen LogP contribution >= 0.6 is 0 Å². The molecule has 0 N–H and O–H groups in total. The van der Waals surface area contributed by atoms with Crippen LogP contribution in [0.15, 0.2) is 85.2 Å². The average Bonchev–Trinajstić information content (AvgIpc) is 3.19. The van der Waals surface area contributed by atoms with Crippen molar-refractivity contribution in [3.63, 3.8) is 0 Å². The van der Waals surface area contributed by atoms with E-state index in [0.717, 1.165) is 33.9 Å². The molecule has 0 bridgehead atoms. The number of hydrogen-bond acceptors (Lipinski definition) is 3. The quantitative estimate of drug-likeness (QED) is 0.292. The summed E-state index contributed by atoms with van der Waals surface area (Å²) >= 11 is 0. The van der Waals surface area contributed by atoms with Gasteiger partial charge in [-0.1, -0.05) is 30.3 Å². The summed E-state index contributed by atoms with van der Waals surface area (Å²) in [6.45, 7) is 2.89. The third-order valence-electron chi connectivity index (χ3n) is 8.32. The smallest absolute Gasteiger partial charge is 0.275 e. The van der Waals surface area contributed by atoms with Gasteiger partial charge in [-0.05, 0) is 65.9 Å². The molecule has 0 unspecified atom stereocenters. The van der Waals surface area contributed by atoms with E-state index in [0.29, 0.717) is 19.2 Å². The lowest BCUT2D eigenvalue weighted by molar-refractivity contribution is 0.0758. The summed E-state index contributed by atoms with van der Waals surface area (Å²) in [5.74, 6) is -2.30. The molecule has 194 valence electrons. The van der Waals surface area contributed by atoms with E-state index in [1.807, 2.05) is 18.2 Å². The Bertz CT molecular complexity index is 1750. The molecular weight excluding hydrogens is 501 g/mol. The lowest BCUT2D eigenvalue weighted by Gasteiger charge is -2.25. The molecule has 5 aromatic rings. The molecule has 8 heteroatoms. The van der Waals surface area contributed by atoms with Crippen LogP contribution in [0, 0.1) is 30.3 Å². The largest absolute Gasteiger partial charge is 0.336 e. The highest BCUT2D eigenvalue weighted by Crippen LogP contribution is 2.69. The number of aryl methyl sites for hydroxylation is 1. The lowest BCUT2D eigenvalue weighted by atomic mass is 9.86. The van der Waals surface area contributed by atoms with Crippen LogP contribution in [-0.4, -0.2) is 38.7 Å². The molecular formula is C31H23F3N4O. The molecule has 1 saturated carbocycles. The molecule has 5 nitrogen and oxygen atoms in total. The number of carbonyl (C=O) groups is 1. The summed E-state index contributed by atoms with van der Waals surface area (Å²) in [5, 5.41) is 5.50. The van der Waals surface area contributed by atoms with Crippen LogP contribution in [0.5, 0.6) is 0 Å². The number of aromatic nitrogens is 3. The molecule has 1 aliphatic carbocycles. The van der Waals surface area contributed by atoms with Crippen LogP contribution in [0.4, 0.5) is 13.2 Å². The highest BCUT2D eigenvalue weighted by molar-refractivity contribution is 5.93. The summed E-state index contributed by atoms with van der Waals surface area (Å²) in [4.78, 5) is 18.7. The van der Waals surface area contributed by atoms with Gasteiger partial charge < -0.3 is 4.90 Å². The van der Waals surface area contributed by atoms with Crippen molar-refractivity contribution in [3.05, 3.63) is 125 Å². The van der Waals surface area contributed by atoms with Crippen LogP contribution in [0.1, 0.15) is 33.1 Å². The molecule has 1 amide bonds. The van der Waals surface area contributed by atoms with Gasteiger partial charge in [0.1, 0.15) is 11.6 Å². The van der Waals surface area contributed by atoms with Gasteiger partial charge in [0.05, 0.1) is 23.6 Å². The molecule has 1 saturated heterocycles. The van der Waals surface area contributed by atoms with Crippen molar-refractivity contribution in [3.8, 4) is 5.69 Å². The Balaban J connectivity index is 1.30. The van der Waals surface area contributed by atoms with Crippen molar-refractivity contribution in [1.29, 1.82) is 0 Å². The first-order chi connectivity index (χ1) is 18.9. The zero-order valence-electron chi connectivity index (χ0n) is 21.0. The Labute approximate surface area is 222 Å². The number of nitrogens with zero attached hydrogens (tertiary/aromatic N) is 4. The highest BCUT2D eigenvalue weighted by atomic mass is 19.1. The van der Waals surface area contributed by atoms with E-state index in [4.69, 9.17) is 0 Å². The number of pyridine rings is 1. The van der Waals surface area contributed by atoms with E-state index in [2.05, 4.69) is 41.3 Å². The minimum absolute atomic E-state index is 0.135. The maximum atomic E-state index is 14.4. The fourth-order valence-corrected chi connectivity index (χ4v) is 6.61. The molecule has 2 aromatic heterocycles. The first-order valence-electron chi connectivity index (χ1n) is 12.8. The van der Waals surface area contributed by atoms with E-state index in [9.17, 15) is 18.0 Å². The van der Waals surface area contributed by atoms with Gasteiger partial charge in [-0.15, -0.1) is 0 Å². The average molecular weight is 525 g/mol. The second-order valence-corrected chi connectivity index (χ2v) is 10.5. The first-order valence-corrected chi connectivity index (χ1v) is 12.8. The first kappa shape index (κ1) is 23.6. The van der Waals surface area contributed by atoms with Gasteiger partial charge >= 0.3 is 0 Å². The van der Waals surface area contributed by atoms with E-state index in [-0.39, 0.29) is 28.8 Å². The number of amides is 1. The molecule has 3 atom stereocenters. The Morgan fingerprint density at radius 3 is 2.46 bits per heavy atom. The van der Waals surface area contributed by atoms with Crippen molar-refractivity contribution in [2.24, 2.45) is 5.92 Å². The zero-order valence-corrected chi connectivity index (χ0v) is 21.0. The molecule has 0 spiro atoms. The maximum absolute atomic E-state index is 14.4. The molecule has 2 fully saturated rings. The Morgan fingerprint density at radius 2 is 1.72 bits per heavy atom. The molecule has 3 aromatic carbocycles. The van der Waals surface area contributed by atoms with Gasteiger partial charge in [0.2, 0.25) is 0 Å². The van der Waals surface area contributed by atoms with Crippen LogP contribution < -0.4 is 0 Å². The maximum Gasteiger partial charge on any atom is 0.275 e. The summed E-state index contributed by atoms with van der Waals surface area (Å²) < 4.78 is 43.2. The Morgan fingerprint density at radius 1 is 0.949 bits per heavy atom. The number of halogens is 3. The SMILES string of the molecule is Cc1cc2c(cnn2-c2ccc(F)cc2)cc1[C@@]12CN(C(=O)c3ncc(F)cc3F)C[C@@H]1[C@H]2c1ccccc1. The summed E-state index contributed by atoms with van der Waals surface area (Å²) in [6, 6.07) is 21.3. The number of rotatable bonds is 4. The summed E-state index contributed by atoms with van der Waals surface area (Å²) in [5.41, 5.74) is 4.31. The second-order valence-electron chi connectivity index (χ2n) is 10.5.